The Morgan fingerprint density at radius 3 is 1.82 bits per heavy atom. The molecule has 0 amide bonds. The van der Waals surface area contributed by atoms with Gasteiger partial charge in [-0.15, -0.1) is 0 Å². The molecule has 4 nitrogen and oxygen atoms in total. The Hall–Kier alpha value is -0.700. The molecular weight excluding hydrogens is 239 g/mol. The van der Waals surface area contributed by atoms with E-state index in [9.17, 15) is 9.36 Å². The van der Waals surface area contributed by atoms with Crippen molar-refractivity contribution >= 4 is 13.1 Å². The lowest BCUT2D eigenvalue weighted by Crippen LogP contribution is -2.12. The molecule has 0 aromatic carbocycles. The van der Waals surface area contributed by atoms with Crippen LogP contribution < -0.4 is 0 Å². The van der Waals surface area contributed by atoms with E-state index in [1.807, 2.05) is 13.8 Å². The van der Waals surface area contributed by atoms with Crippen LogP contribution in [0.2, 0.25) is 0 Å². The molecule has 5 heteroatoms. The fraction of sp³-hybridized carbons (Fsp3) is 0.583. The molecule has 0 spiro atoms. The lowest BCUT2D eigenvalue weighted by molar-refractivity contribution is -0.116. The van der Waals surface area contributed by atoms with Crippen LogP contribution in [-0.2, 0) is 18.4 Å². The fourth-order valence-electron chi connectivity index (χ4n) is 0.956. The minimum Gasteiger partial charge on any atom is -0.299 e. The number of rotatable bonds is 8. The first-order valence-electron chi connectivity index (χ1n) is 5.63. The molecule has 98 valence electrons. The molecule has 0 bridgehead atoms. The SMILES string of the molecule is CC=CCOP(=O)(OCC=CC)C(=O)C(C)C. The first-order valence-corrected chi connectivity index (χ1v) is 7.18. The summed E-state index contributed by atoms with van der Waals surface area (Å²) >= 11 is 0. The Kier molecular flexibility index (Phi) is 8.05. The van der Waals surface area contributed by atoms with Crippen molar-refractivity contribution in [1.29, 1.82) is 0 Å². The van der Waals surface area contributed by atoms with E-state index >= 15 is 0 Å². The predicted octanol–water partition coefficient (Wildman–Crippen LogP) is 3.55. The predicted molar refractivity (Wildman–Crippen MR) is 69.0 cm³/mol. The number of hydrogen-bond donors (Lipinski definition) is 0. The van der Waals surface area contributed by atoms with Gasteiger partial charge in [0.25, 0.3) is 0 Å². The van der Waals surface area contributed by atoms with Crippen LogP contribution >= 0.6 is 7.60 Å². The van der Waals surface area contributed by atoms with Gasteiger partial charge in [-0.05, 0) is 13.8 Å². The molecular formula is C12H21O4P. The monoisotopic (exact) mass is 260 g/mol. The highest BCUT2D eigenvalue weighted by molar-refractivity contribution is 7.71. The van der Waals surface area contributed by atoms with Crippen LogP contribution in [-0.4, -0.2) is 18.7 Å². The molecule has 0 saturated heterocycles. The highest BCUT2D eigenvalue weighted by Gasteiger charge is 2.35. The number of allylic oxidation sites excluding steroid dienone is 2. The van der Waals surface area contributed by atoms with Gasteiger partial charge in [0.05, 0.1) is 13.2 Å². The van der Waals surface area contributed by atoms with Gasteiger partial charge in [0.1, 0.15) is 0 Å². The second-order valence-corrected chi connectivity index (χ2v) is 5.67. The van der Waals surface area contributed by atoms with Gasteiger partial charge in [-0.25, -0.2) is 0 Å². The maximum atomic E-state index is 12.2. The Morgan fingerprint density at radius 2 is 1.53 bits per heavy atom. The van der Waals surface area contributed by atoms with Crippen molar-refractivity contribution < 1.29 is 18.4 Å². The fourth-order valence-corrected chi connectivity index (χ4v) is 2.48. The van der Waals surface area contributed by atoms with Crippen molar-refractivity contribution in [3.63, 3.8) is 0 Å². The van der Waals surface area contributed by atoms with E-state index in [-0.39, 0.29) is 19.1 Å². The largest absolute Gasteiger partial charge is 0.397 e. The molecule has 0 aliphatic heterocycles. The molecule has 0 fully saturated rings. The Morgan fingerprint density at radius 1 is 1.12 bits per heavy atom. The Bertz CT molecular complexity index is 311. The normalized spacial score (nSPS) is 15.8. The summed E-state index contributed by atoms with van der Waals surface area (Å²) in [6.07, 6.45) is 6.88. The summed E-state index contributed by atoms with van der Waals surface area (Å²) in [6.45, 7) is 7.21. The minimum atomic E-state index is -3.67. The molecule has 0 N–H and O–H groups in total. The smallest absolute Gasteiger partial charge is 0.299 e. The summed E-state index contributed by atoms with van der Waals surface area (Å²) in [5, 5.41) is 0. The van der Waals surface area contributed by atoms with E-state index in [4.69, 9.17) is 9.05 Å². The maximum absolute atomic E-state index is 12.2. The zero-order chi connectivity index (χ0) is 13.3. The van der Waals surface area contributed by atoms with Crippen LogP contribution in [0, 0.1) is 5.92 Å². The third kappa shape index (κ3) is 5.97. The van der Waals surface area contributed by atoms with Gasteiger partial charge in [0, 0.05) is 5.92 Å². The summed E-state index contributed by atoms with van der Waals surface area (Å²) in [6, 6.07) is 0. The van der Waals surface area contributed by atoms with Gasteiger partial charge >= 0.3 is 7.60 Å². The van der Waals surface area contributed by atoms with Crippen molar-refractivity contribution in [2.75, 3.05) is 13.2 Å². The first-order chi connectivity index (χ1) is 7.98. The zero-order valence-corrected chi connectivity index (χ0v) is 11.8. The number of carbonyl (C=O) groups excluding carboxylic acids is 1. The van der Waals surface area contributed by atoms with Crippen molar-refractivity contribution in [1.82, 2.24) is 0 Å². The van der Waals surface area contributed by atoms with Crippen LogP contribution in [0.3, 0.4) is 0 Å². The van der Waals surface area contributed by atoms with E-state index in [2.05, 4.69) is 0 Å². The summed E-state index contributed by atoms with van der Waals surface area (Å²) in [5.74, 6) is -0.378. The van der Waals surface area contributed by atoms with Gasteiger partial charge in [-0.3, -0.25) is 18.4 Å². The summed E-state index contributed by atoms with van der Waals surface area (Å²) < 4.78 is 22.4. The molecule has 0 rings (SSSR count). The number of carbonyl (C=O) groups is 1. The van der Waals surface area contributed by atoms with Crippen molar-refractivity contribution in [2.45, 2.75) is 27.7 Å². The standard InChI is InChI=1S/C12H21O4P/c1-5-7-9-15-17(14,12(13)11(3)4)16-10-8-6-2/h5-8,11H,9-10H2,1-4H3. The van der Waals surface area contributed by atoms with Gasteiger partial charge in [0.2, 0.25) is 5.52 Å². The van der Waals surface area contributed by atoms with Gasteiger partial charge in [0.15, 0.2) is 0 Å². The van der Waals surface area contributed by atoms with Gasteiger partial charge in [-0.2, -0.15) is 0 Å². The van der Waals surface area contributed by atoms with Crippen molar-refractivity contribution in [3.05, 3.63) is 24.3 Å². The molecule has 0 aliphatic carbocycles. The first kappa shape index (κ1) is 16.3. The molecule has 0 heterocycles. The van der Waals surface area contributed by atoms with Crippen molar-refractivity contribution in [3.8, 4) is 0 Å². The lowest BCUT2D eigenvalue weighted by atomic mass is 10.3. The third-order valence-electron chi connectivity index (χ3n) is 1.92. The van der Waals surface area contributed by atoms with E-state index in [0.29, 0.717) is 0 Å². The summed E-state index contributed by atoms with van der Waals surface area (Å²) in [4.78, 5) is 11.8. The van der Waals surface area contributed by atoms with E-state index in [1.165, 1.54) is 0 Å². The maximum Gasteiger partial charge on any atom is 0.397 e. The quantitative estimate of drug-likeness (QED) is 0.494. The zero-order valence-electron chi connectivity index (χ0n) is 10.9. The molecule has 17 heavy (non-hydrogen) atoms. The second-order valence-electron chi connectivity index (χ2n) is 3.72. The average Bonchev–Trinajstić information content (AvgIpc) is 2.28. The van der Waals surface area contributed by atoms with Gasteiger partial charge < -0.3 is 0 Å². The average molecular weight is 260 g/mol. The second kappa shape index (κ2) is 8.40. The molecule has 0 saturated carbocycles. The van der Waals surface area contributed by atoms with Crippen molar-refractivity contribution in [2.24, 2.45) is 5.92 Å². The van der Waals surface area contributed by atoms with Crippen LogP contribution in [0.4, 0.5) is 0 Å². The molecule has 0 atom stereocenters. The molecule has 0 unspecified atom stereocenters. The topological polar surface area (TPSA) is 52.6 Å². The van der Waals surface area contributed by atoms with E-state index in [1.54, 1.807) is 38.2 Å². The summed E-state index contributed by atoms with van der Waals surface area (Å²) in [5.41, 5.74) is -0.480. The van der Waals surface area contributed by atoms with E-state index in [0.717, 1.165) is 0 Å². The Balaban J connectivity index is 4.68. The highest BCUT2D eigenvalue weighted by atomic mass is 31.2. The van der Waals surface area contributed by atoms with E-state index < -0.39 is 13.1 Å². The molecule has 0 aliphatic rings. The number of hydrogen-bond acceptors (Lipinski definition) is 4. The molecule has 0 aromatic rings. The van der Waals surface area contributed by atoms with Crippen LogP contribution in [0.25, 0.3) is 0 Å². The van der Waals surface area contributed by atoms with Gasteiger partial charge in [-0.1, -0.05) is 38.2 Å². The van der Waals surface area contributed by atoms with Crippen LogP contribution in [0.5, 0.6) is 0 Å². The summed E-state index contributed by atoms with van der Waals surface area (Å²) in [7, 11) is -3.67. The lowest BCUT2D eigenvalue weighted by Gasteiger charge is -2.17. The minimum absolute atomic E-state index is 0.113. The van der Waals surface area contributed by atoms with Crippen LogP contribution in [0.1, 0.15) is 27.7 Å². The van der Waals surface area contributed by atoms with Crippen LogP contribution in [0.15, 0.2) is 24.3 Å². The molecule has 0 aromatic heterocycles. The molecule has 0 radical (unpaired) electrons. The Labute approximate surface area is 103 Å². The third-order valence-corrected chi connectivity index (χ3v) is 3.95. The highest BCUT2D eigenvalue weighted by Crippen LogP contribution is 2.51.